The lowest BCUT2D eigenvalue weighted by Gasteiger charge is -2.11. The Hall–Kier alpha value is -1.61. The van der Waals surface area contributed by atoms with Crippen molar-refractivity contribution in [1.82, 2.24) is 0 Å². The lowest BCUT2D eigenvalue weighted by atomic mass is 10.3. The van der Waals surface area contributed by atoms with Gasteiger partial charge in [0.05, 0.1) is 24.6 Å². The summed E-state index contributed by atoms with van der Waals surface area (Å²) in [5, 5.41) is 7.73. The van der Waals surface area contributed by atoms with Gasteiger partial charge in [-0.1, -0.05) is 40.2 Å². The minimum atomic E-state index is -2.95. The Kier molecular flexibility index (Phi) is 5.86. The summed E-state index contributed by atoms with van der Waals surface area (Å²) >= 11 is 6.30. The van der Waals surface area contributed by atoms with E-state index in [2.05, 4.69) is 20.3 Å². The molecule has 1 atom stereocenters. The summed E-state index contributed by atoms with van der Waals surface area (Å²) in [6, 6.07) is 18.4. The highest BCUT2D eigenvalue weighted by molar-refractivity contribution is 9.10. The Morgan fingerprint density at radius 2 is 1.92 bits per heavy atom. The summed E-state index contributed by atoms with van der Waals surface area (Å²) in [6.45, 7) is 0. The van der Waals surface area contributed by atoms with Crippen molar-refractivity contribution in [2.24, 2.45) is 10.1 Å². The minimum absolute atomic E-state index is 0.0350. The first kappa shape index (κ1) is 19.2. The number of hydrogen-bond acceptors (Lipinski definition) is 5. The van der Waals surface area contributed by atoms with E-state index in [0.29, 0.717) is 20.4 Å². The Labute approximate surface area is 169 Å². The predicted molar refractivity (Wildman–Crippen MR) is 114 cm³/mol. The van der Waals surface area contributed by atoms with Gasteiger partial charge in [0.1, 0.15) is 15.6 Å². The molecule has 0 aliphatic carbocycles. The molecule has 0 aliphatic heterocycles. The van der Waals surface area contributed by atoms with Gasteiger partial charge in [0.25, 0.3) is 0 Å². The molecule has 4 nitrogen and oxygen atoms in total. The van der Waals surface area contributed by atoms with Crippen LogP contribution in [-0.2, 0) is 9.73 Å². The van der Waals surface area contributed by atoms with Crippen LogP contribution in [-0.4, -0.2) is 16.3 Å². The molecule has 0 bridgehead atoms. The number of thiophene rings is 1. The predicted octanol–water partition coefficient (Wildman–Crippen LogP) is 5.73. The number of nitrogens with two attached hydrogens (primary N) is 1. The number of nitrogen functional groups attached to an aromatic ring is 1. The molecule has 0 spiro atoms. The molecule has 3 N–H and O–H groups in total. The number of amidine groups is 1. The van der Waals surface area contributed by atoms with Crippen LogP contribution in [0, 0.1) is 5.41 Å². The first-order valence-electron chi connectivity index (χ1n) is 7.54. The van der Waals surface area contributed by atoms with Crippen LogP contribution in [0.3, 0.4) is 0 Å². The van der Waals surface area contributed by atoms with Crippen molar-refractivity contribution in [1.29, 1.82) is 5.41 Å². The van der Waals surface area contributed by atoms with E-state index in [1.807, 2.05) is 60.9 Å². The van der Waals surface area contributed by atoms with E-state index < -0.39 is 9.73 Å². The fourth-order valence-corrected chi connectivity index (χ4v) is 7.45. The second-order valence-corrected chi connectivity index (χ2v) is 10.5. The highest BCUT2D eigenvalue weighted by Gasteiger charge is 2.24. The molecule has 134 valence electrons. The molecule has 0 saturated carbocycles. The van der Waals surface area contributed by atoms with Crippen molar-refractivity contribution in [3.05, 3.63) is 70.0 Å². The zero-order valence-corrected chi connectivity index (χ0v) is 17.8. The zero-order valence-electron chi connectivity index (χ0n) is 13.8. The molecule has 3 rings (SSSR count). The third kappa shape index (κ3) is 3.88. The second kappa shape index (κ2) is 7.96. The fourth-order valence-electron chi connectivity index (χ4n) is 2.33. The third-order valence-corrected chi connectivity index (χ3v) is 8.86. The first-order valence-corrected chi connectivity index (χ1v) is 11.9. The molecule has 0 aliphatic rings. The Morgan fingerprint density at radius 3 is 2.54 bits per heavy atom. The van der Waals surface area contributed by atoms with Crippen molar-refractivity contribution < 1.29 is 4.21 Å². The van der Waals surface area contributed by atoms with Crippen LogP contribution >= 0.6 is 39.0 Å². The van der Waals surface area contributed by atoms with Crippen molar-refractivity contribution in [3.8, 4) is 0 Å². The van der Waals surface area contributed by atoms with Gasteiger partial charge in [0, 0.05) is 4.47 Å². The van der Waals surface area contributed by atoms with Crippen LogP contribution in [0.4, 0.5) is 5.69 Å². The molecule has 1 aromatic heterocycles. The lowest BCUT2D eigenvalue weighted by Crippen LogP contribution is -2.08. The monoisotopic (exact) mass is 465 g/mol. The smallest absolute Gasteiger partial charge is 0.133 e. The molecular formula is C18H16BrN3OS3. The molecule has 0 amide bonds. The average Bonchev–Trinajstić information content (AvgIpc) is 3.08. The van der Waals surface area contributed by atoms with E-state index in [0.717, 1.165) is 8.68 Å². The summed E-state index contributed by atoms with van der Waals surface area (Å²) in [4.78, 5) is 1.80. The highest BCUT2D eigenvalue weighted by Crippen LogP contribution is 2.39. The summed E-state index contributed by atoms with van der Waals surface area (Å²) in [7, 11) is -2.95. The quantitative estimate of drug-likeness (QED) is 0.286. The van der Waals surface area contributed by atoms with Crippen LogP contribution in [0.1, 0.15) is 4.88 Å². The second-order valence-electron chi connectivity index (χ2n) is 5.29. The molecular weight excluding hydrogens is 450 g/mol. The molecule has 2 aromatic carbocycles. The average molecular weight is 466 g/mol. The molecule has 0 saturated heterocycles. The van der Waals surface area contributed by atoms with Crippen LogP contribution in [0.15, 0.2) is 83.5 Å². The van der Waals surface area contributed by atoms with Crippen LogP contribution in [0.25, 0.3) is 0 Å². The number of benzene rings is 2. The summed E-state index contributed by atoms with van der Waals surface area (Å²) in [5.74, 6) is -0.0350. The molecule has 26 heavy (non-hydrogen) atoms. The van der Waals surface area contributed by atoms with Gasteiger partial charge in [-0.2, -0.15) is 4.36 Å². The van der Waals surface area contributed by atoms with E-state index in [4.69, 9.17) is 11.1 Å². The Bertz CT molecular complexity index is 1070. The maximum atomic E-state index is 14.2. The van der Waals surface area contributed by atoms with Crippen molar-refractivity contribution >= 4 is 60.3 Å². The van der Waals surface area contributed by atoms with E-state index in [9.17, 15) is 4.21 Å². The number of nitrogens with zero attached hydrogens (tertiary/aromatic N) is 1. The first-order chi connectivity index (χ1) is 12.4. The lowest BCUT2D eigenvalue weighted by molar-refractivity contribution is 0.675. The summed E-state index contributed by atoms with van der Waals surface area (Å²) in [6.07, 6.45) is 1.92. The molecule has 8 heteroatoms. The maximum Gasteiger partial charge on any atom is 0.133 e. The molecule has 0 radical (unpaired) electrons. The van der Waals surface area contributed by atoms with Crippen molar-refractivity contribution in [2.75, 3.05) is 6.26 Å². The highest BCUT2D eigenvalue weighted by atomic mass is 79.9. The van der Waals surface area contributed by atoms with Gasteiger partial charge >= 0.3 is 0 Å². The number of thioether (sulfide) groups is 1. The fraction of sp³-hybridized carbons (Fsp3) is 0.0556. The Balaban J connectivity index is 2.34. The summed E-state index contributed by atoms with van der Waals surface area (Å²) < 4.78 is 20.5. The van der Waals surface area contributed by atoms with Crippen LogP contribution in [0.5, 0.6) is 0 Å². The normalized spacial score (nSPS) is 13.2. The largest absolute Gasteiger partial charge is 0.383 e. The summed E-state index contributed by atoms with van der Waals surface area (Å²) in [5.41, 5.74) is 6.30. The van der Waals surface area contributed by atoms with E-state index in [1.54, 1.807) is 6.07 Å². The van der Waals surface area contributed by atoms with Gasteiger partial charge in [-0.25, -0.2) is 4.21 Å². The maximum absolute atomic E-state index is 14.2. The topological polar surface area (TPSA) is 79.3 Å². The van der Waals surface area contributed by atoms with Crippen LogP contribution in [0.2, 0.25) is 0 Å². The molecule has 1 unspecified atom stereocenters. The van der Waals surface area contributed by atoms with Crippen molar-refractivity contribution in [3.63, 3.8) is 0 Å². The molecule has 3 aromatic rings. The van der Waals surface area contributed by atoms with Gasteiger partial charge in [-0.15, -0.1) is 23.1 Å². The van der Waals surface area contributed by atoms with Gasteiger partial charge in [0.2, 0.25) is 0 Å². The standard InChI is InChI=1S/C18H16BrN3OS3/c1-24-18-16(11-15(25-18)17(20)21)26(23,14-9-5-6-12(19)10-14)22-13-7-3-2-4-8-13/h2-11H,1H3,(H3,20,21). The number of rotatable bonds is 5. The Morgan fingerprint density at radius 1 is 1.19 bits per heavy atom. The molecule has 0 fully saturated rings. The van der Waals surface area contributed by atoms with E-state index >= 15 is 0 Å². The van der Waals surface area contributed by atoms with Gasteiger partial charge in [0.15, 0.2) is 0 Å². The number of nitrogens with one attached hydrogen (secondary N) is 1. The van der Waals surface area contributed by atoms with E-state index in [-0.39, 0.29) is 5.84 Å². The number of halogens is 1. The van der Waals surface area contributed by atoms with Gasteiger partial charge in [-0.3, -0.25) is 5.41 Å². The van der Waals surface area contributed by atoms with Gasteiger partial charge in [-0.05, 0) is 42.7 Å². The van der Waals surface area contributed by atoms with Crippen LogP contribution < -0.4 is 5.73 Å². The minimum Gasteiger partial charge on any atom is -0.383 e. The third-order valence-electron chi connectivity index (χ3n) is 3.52. The molecule has 1 heterocycles. The SMILES string of the molecule is CSc1sc(C(=N)N)cc1S(=O)(=Nc1ccccc1)c1cccc(Br)c1. The zero-order chi connectivity index (χ0) is 18.7. The van der Waals surface area contributed by atoms with Gasteiger partial charge < -0.3 is 5.73 Å². The van der Waals surface area contributed by atoms with E-state index in [1.165, 1.54) is 23.1 Å². The number of hydrogen-bond donors (Lipinski definition) is 2. The van der Waals surface area contributed by atoms with Crippen molar-refractivity contribution in [2.45, 2.75) is 14.0 Å².